The number of phenols is 1. The third-order valence-corrected chi connectivity index (χ3v) is 2.59. The van der Waals surface area contributed by atoms with E-state index in [9.17, 15) is 15.0 Å². The normalized spacial score (nSPS) is 10.4. The number of benzene rings is 1. The van der Waals surface area contributed by atoms with E-state index in [-0.39, 0.29) is 11.3 Å². The maximum atomic E-state index is 11.2. The Kier molecular flexibility index (Phi) is 2.87. The molecule has 0 saturated carbocycles. The second-order valence-electron chi connectivity index (χ2n) is 3.67. The molecule has 0 bridgehead atoms. The minimum atomic E-state index is -1.00. The number of hydrogen-bond acceptors (Lipinski definition) is 3. The standard InChI is InChI=1S/C13H12O4/c1-2-8-7-17-12(11(8)13(15)16)9-3-5-10(14)6-4-9/h3-7,14H,2H2,1H3,(H,15,16). The van der Waals surface area contributed by atoms with Crippen LogP contribution in [-0.2, 0) is 6.42 Å². The van der Waals surface area contributed by atoms with Gasteiger partial charge in [-0.3, -0.25) is 0 Å². The van der Waals surface area contributed by atoms with Crippen LogP contribution >= 0.6 is 0 Å². The van der Waals surface area contributed by atoms with E-state index in [0.29, 0.717) is 23.3 Å². The van der Waals surface area contributed by atoms with Gasteiger partial charge in [0.2, 0.25) is 0 Å². The summed E-state index contributed by atoms with van der Waals surface area (Å²) in [5.41, 5.74) is 1.50. The smallest absolute Gasteiger partial charge is 0.339 e. The summed E-state index contributed by atoms with van der Waals surface area (Å²) in [5, 5.41) is 18.4. The lowest BCUT2D eigenvalue weighted by atomic mass is 10.0. The van der Waals surface area contributed by atoms with Crippen LogP contribution in [0.5, 0.6) is 5.75 Å². The molecule has 1 aromatic heterocycles. The van der Waals surface area contributed by atoms with E-state index in [1.54, 1.807) is 12.1 Å². The maximum absolute atomic E-state index is 11.2. The average molecular weight is 232 g/mol. The van der Waals surface area contributed by atoms with Crippen LogP contribution in [0.25, 0.3) is 11.3 Å². The summed E-state index contributed by atoms with van der Waals surface area (Å²) in [6, 6.07) is 6.24. The number of carboxylic acids is 1. The van der Waals surface area contributed by atoms with E-state index in [1.807, 2.05) is 6.92 Å². The molecule has 0 aliphatic heterocycles. The monoisotopic (exact) mass is 232 g/mol. The van der Waals surface area contributed by atoms with Crippen molar-refractivity contribution in [3.8, 4) is 17.1 Å². The van der Waals surface area contributed by atoms with Gasteiger partial charge in [0.05, 0.1) is 6.26 Å². The molecule has 1 heterocycles. The molecule has 17 heavy (non-hydrogen) atoms. The predicted molar refractivity (Wildman–Crippen MR) is 62.1 cm³/mol. The second kappa shape index (κ2) is 4.33. The molecule has 0 radical (unpaired) electrons. The molecule has 4 heteroatoms. The van der Waals surface area contributed by atoms with Crippen molar-refractivity contribution in [3.05, 3.63) is 41.7 Å². The van der Waals surface area contributed by atoms with Crippen molar-refractivity contribution in [2.45, 2.75) is 13.3 Å². The van der Waals surface area contributed by atoms with E-state index in [4.69, 9.17) is 4.42 Å². The quantitative estimate of drug-likeness (QED) is 0.853. The van der Waals surface area contributed by atoms with Crippen LogP contribution in [0.1, 0.15) is 22.8 Å². The summed E-state index contributed by atoms with van der Waals surface area (Å²) in [6.45, 7) is 1.87. The van der Waals surface area contributed by atoms with Crippen molar-refractivity contribution >= 4 is 5.97 Å². The molecule has 0 fully saturated rings. The van der Waals surface area contributed by atoms with Gasteiger partial charge in [-0.25, -0.2) is 4.79 Å². The average Bonchev–Trinajstić information content (AvgIpc) is 2.73. The Hall–Kier alpha value is -2.23. The summed E-state index contributed by atoms with van der Waals surface area (Å²) in [4.78, 5) is 11.2. The Morgan fingerprint density at radius 1 is 1.29 bits per heavy atom. The van der Waals surface area contributed by atoms with Gasteiger partial charge in [-0.15, -0.1) is 0 Å². The van der Waals surface area contributed by atoms with Crippen molar-refractivity contribution in [3.63, 3.8) is 0 Å². The first-order valence-corrected chi connectivity index (χ1v) is 5.26. The fraction of sp³-hybridized carbons (Fsp3) is 0.154. The third kappa shape index (κ3) is 2.01. The molecule has 0 amide bonds. The van der Waals surface area contributed by atoms with Crippen LogP contribution in [-0.4, -0.2) is 16.2 Å². The number of phenolic OH excluding ortho intramolecular Hbond substituents is 1. The molecule has 0 aliphatic rings. The largest absolute Gasteiger partial charge is 0.508 e. The molecule has 0 aliphatic carbocycles. The molecule has 2 rings (SSSR count). The number of carbonyl (C=O) groups is 1. The molecule has 4 nitrogen and oxygen atoms in total. The molecular formula is C13H12O4. The van der Waals surface area contributed by atoms with Crippen molar-refractivity contribution in [2.75, 3.05) is 0 Å². The van der Waals surface area contributed by atoms with E-state index < -0.39 is 5.97 Å². The lowest BCUT2D eigenvalue weighted by Crippen LogP contribution is -2.00. The fourth-order valence-electron chi connectivity index (χ4n) is 1.71. The first kappa shape index (κ1) is 11.3. The summed E-state index contributed by atoms with van der Waals surface area (Å²) >= 11 is 0. The topological polar surface area (TPSA) is 70.7 Å². The van der Waals surface area contributed by atoms with Gasteiger partial charge in [-0.05, 0) is 30.7 Å². The van der Waals surface area contributed by atoms with Gasteiger partial charge < -0.3 is 14.6 Å². The molecule has 2 aromatic rings. The van der Waals surface area contributed by atoms with Crippen molar-refractivity contribution in [2.24, 2.45) is 0 Å². The van der Waals surface area contributed by atoms with Crippen LogP contribution in [0.2, 0.25) is 0 Å². The predicted octanol–water partition coefficient (Wildman–Crippen LogP) is 2.91. The minimum absolute atomic E-state index is 0.132. The van der Waals surface area contributed by atoms with Crippen LogP contribution in [0, 0.1) is 0 Å². The number of hydrogen-bond donors (Lipinski definition) is 2. The van der Waals surface area contributed by atoms with Gasteiger partial charge in [0.1, 0.15) is 17.1 Å². The summed E-state index contributed by atoms with van der Waals surface area (Å²) in [5.74, 6) is -0.541. The van der Waals surface area contributed by atoms with Gasteiger partial charge in [-0.1, -0.05) is 6.92 Å². The Morgan fingerprint density at radius 3 is 2.47 bits per heavy atom. The van der Waals surface area contributed by atoms with Gasteiger partial charge >= 0.3 is 5.97 Å². The lowest BCUT2D eigenvalue weighted by molar-refractivity contribution is 0.0696. The first-order chi connectivity index (χ1) is 8.13. The highest BCUT2D eigenvalue weighted by Crippen LogP contribution is 2.29. The molecule has 0 atom stereocenters. The van der Waals surface area contributed by atoms with Crippen LogP contribution < -0.4 is 0 Å². The zero-order valence-electron chi connectivity index (χ0n) is 9.30. The number of furan rings is 1. The highest BCUT2D eigenvalue weighted by Gasteiger charge is 2.20. The Labute approximate surface area is 98.1 Å². The number of aryl methyl sites for hydroxylation is 1. The number of carboxylic acid groups (broad SMARTS) is 1. The highest BCUT2D eigenvalue weighted by atomic mass is 16.4. The Bertz CT molecular complexity index is 537. The lowest BCUT2D eigenvalue weighted by Gasteiger charge is -2.00. The third-order valence-electron chi connectivity index (χ3n) is 2.59. The van der Waals surface area contributed by atoms with Crippen molar-refractivity contribution in [1.82, 2.24) is 0 Å². The van der Waals surface area contributed by atoms with Crippen molar-refractivity contribution in [1.29, 1.82) is 0 Å². The Balaban J connectivity index is 2.55. The molecule has 0 unspecified atom stereocenters. The summed E-state index contributed by atoms with van der Waals surface area (Å²) in [6.07, 6.45) is 2.06. The number of rotatable bonds is 3. The molecule has 0 saturated heterocycles. The number of aromatic carboxylic acids is 1. The molecule has 2 N–H and O–H groups in total. The van der Waals surface area contributed by atoms with Gasteiger partial charge in [-0.2, -0.15) is 0 Å². The molecular weight excluding hydrogens is 220 g/mol. The van der Waals surface area contributed by atoms with E-state index in [1.165, 1.54) is 18.4 Å². The zero-order valence-corrected chi connectivity index (χ0v) is 9.30. The fourth-order valence-corrected chi connectivity index (χ4v) is 1.71. The van der Waals surface area contributed by atoms with Gasteiger partial charge in [0.15, 0.2) is 0 Å². The summed E-state index contributed by atoms with van der Waals surface area (Å²) < 4.78 is 5.31. The SMILES string of the molecule is CCc1coc(-c2ccc(O)cc2)c1C(=O)O. The first-order valence-electron chi connectivity index (χ1n) is 5.26. The van der Waals surface area contributed by atoms with Crippen molar-refractivity contribution < 1.29 is 19.4 Å². The summed E-state index contributed by atoms with van der Waals surface area (Å²) in [7, 11) is 0. The van der Waals surface area contributed by atoms with E-state index in [2.05, 4.69) is 0 Å². The number of aromatic hydroxyl groups is 1. The van der Waals surface area contributed by atoms with Crippen LogP contribution in [0.4, 0.5) is 0 Å². The van der Waals surface area contributed by atoms with E-state index >= 15 is 0 Å². The van der Waals surface area contributed by atoms with Crippen LogP contribution in [0.3, 0.4) is 0 Å². The van der Waals surface area contributed by atoms with Gasteiger partial charge in [0.25, 0.3) is 0 Å². The molecule has 0 spiro atoms. The molecule has 88 valence electrons. The van der Waals surface area contributed by atoms with E-state index in [0.717, 1.165) is 0 Å². The Morgan fingerprint density at radius 2 is 1.94 bits per heavy atom. The van der Waals surface area contributed by atoms with Crippen LogP contribution in [0.15, 0.2) is 34.9 Å². The maximum Gasteiger partial charge on any atom is 0.339 e. The highest BCUT2D eigenvalue weighted by molar-refractivity contribution is 5.96. The minimum Gasteiger partial charge on any atom is -0.508 e. The molecule has 1 aromatic carbocycles. The van der Waals surface area contributed by atoms with Gasteiger partial charge in [0, 0.05) is 11.1 Å². The second-order valence-corrected chi connectivity index (χ2v) is 3.67. The zero-order chi connectivity index (χ0) is 12.4.